The Kier molecular flexibility index (Phi) is 11.2. The normalized spacial score (nSPS) is 22.1. The first-order valence-corrected chi connectivity index (χ1v) is 8.33. The van der Waals surface area contributed by atoms with Crippen molar-refractivity contribution < 1.29 is 14.3 Å². The first kappa shape index (κ1) is 22.1. The first-order chi connectivity index (χ1) is 10.4. The van der Waals surface area contributed by atoms with Crippen LogP contribution in [0.4, 0.5) is 0 Å². The van der Waals surface area contributed by atoms with Crippen LogP contribution in [0.25, 0.3) is 0 Å². The van der Waals surface area contributed by atoms with E-state index >= 15 is 0 Å². The molecule has 136 valence electrons. The zero-order valence-electron chi connectivity index (χ0n) is 14.5. The molecular weight excluding hydrogens is 318 g/mol. The van der Waals surface area contributed by atoms with Gasteiger partial charge in [-0.25, -0.2) is 0 Å². The van der Waals surface area contributed by atoms with Gasteiger partial charge in [0.25, 0.3) is 0 Å². The van der Waals surface area contributed by atoms with Crippen LogP contribution in [0, 0.1) is 11.8 Å². The number of halogens is 1. The van der Waals surface area contributed by atoms with Crippen LogP contribution in [0.3, 0.4) is 0 Å². The van der Waals surface area contributed by atoms with Gasteiger partial charge in [-0.2, -0.15) is 0 Å². The Balaban J connectivity index is 0.00000484. The van der Waals surface area contributed by atoms with Gasteiger partial charge in [0, 0.05) is 6.54 Å². The van der Waals surface area contributed by atoms with E-state index in [1.165, 1.54) is 19.3 Å². The van der Waals surface area contributed by atoms with Crippen molar-refractivity contribution >= 4 is 24.2 Å². The van der Waals surface area contributed by atoms with Gasteiger partial charge in [0.2, 0.25) is 11.8 Å². The van der Waals surface area contributed by atoms with Gasteiger partial charge in [-0.3, -0.25) is 9.59 Å². The van der Waals surface area contributed by atoms with Crippen LogP contribution in [0.15, 0.2) is 0 Å². The van der Waals surface area contributed by atoms with Crippen LogP contribution in [0.1, 0.15) is 46.5 Å². The summed E-state index contributed by atoms with van der Waals surface area (Å²) in [5.41, 5.74) is 5.70. The Labute approximate surface area is 145 Å². The second kappa shape index (κ2) is 11.6. The largest absolute Gasteiger partial charge is 0.376 e. The molecule has 0 heterocycles. The fraction of sp³-hybridized carbons (Fsp3) is 0.875. The van der Waals surface area contributed by atoms with Crippen LogP contribution in [0.2, 0.25) is 0 Å². The molecule has 0 aliphatic heterocycles. The van der Waals surface area contributed by atoms with Gasteiger partial charge >= 0.3 is 0 Å². The summed E-state index contributed by atoms with van der Waals surface area (Å²) < 4.78 is 5.82. The van der Waals surface area contributed by atoms with Crippen LogP contribution in [-0.2, 0) is 14.3 Å². The molecule has 2 unspecified atom stereocenters. The summed E-state index contributed by atoms with van der Waals surface area (Å²) in [4.78, 5) is 23.3. The molecule has 1 rings (SSSR count). The summed E-state index contributed by atoms with van der Waals surface area (Å²) in [6, 6.07) is -0.580. The molecule has 1 aliphatic rings. The Bertz CT molecular complexity index is 366. The standard InChI is InChI=1S/C16H31N3O3.ClH/c1-11(2)15(17)16(21)19-10-14(20)18-8-9-22-13-7-5-4-6-12(13)3;/h11-13,15H,4-10,17H2,1-3H3,(H,18,20)(H,19,21);1H/t12?,13?,15-;/m0./s1. The van der Waals surface area contributed by atoms with Gasteiger partial charge in [0.05, 0.1) is 25.3 Å². The monoisotopic (exact) mass is 349 g/mol. The summed E-state index contributed by atoms with van der Waals surface area (Å²) in [6.07, 6.45) is 5.16. The van der Waals surface area contributed by atoms with Crippen molar-refractivity contribution in [3.63, 3.8) is 0 Å². The minimum Gasteiger partial charge on any atom is -0.376 e. The summed E-state index contributed by atoms with van der Waals surface area (Å²) in [6.45, 7) is 6.89. The minimum atomic E-state index is -0.580. The molecule has 1 fully saturated rings. The molecule has 0 radical (unpaired) electrons. The molecule has 1 saturated carbocycles. The van der Waals surface area contributed by atoms with Gasteiger partial charge in [0.15, 0.2) is 0 Å². The van der Waals surface area contributed by atoms with E-state index in [0.717, 1.165) is 6.42 Å². The topological polar surface area (TPSA) is 93.5 Å². The SMILES string of the molecule is CC1CCCCC1OCCNC(=O)CNC(=O)[C@@H](N)C(C)C.Cl. The molecule has 1 aliphatic carbocycles. The maximum Gasteiger partial charge on any atom is 0.239 e. The summed E-state index contributed by atoms with van der Waals surface area (Å²) >= 11 is 0. The molecule has 2 amide bonds. The maximum atomic E-state index is 11.6. The lowest BCUT2D eigenvalue weighted by Crippen LogP contribution is -2.47. The average molecular weight is 350 g/mol. The number of nitrogens with two attached hydrogens (primary N) is 1. The fourth-order valence-electron chi connectivity index (χ4n) is 2.58. The van der Waals surface area contributed by atoms with E-state index in [9.17, 15) is 9.59 Å². The van der Waals surface area contributed by atoms with E-state index in [1.54, 1.807) is 0 Å². The highest BCUT2D eigenvalue weighted by Crippen LogP contribution is 2.25. The van der Waals surface area contributed by atoms with Gasteiger partial charge < -0.3 is 21.1 Å². The molecule has 4 N–H and O–H groups in total. The van der Waals surface area contributed by atoms with E-state index in [1.807, 2.05) is 13.8 Å². The van der Waals surface area contributed by atoms with Crippen molar-refractivity contribution in [3.05, 3.63) is 0 Å². The minimum absolute atomic E-state index is 0. The van der Waals surface area contributed by atoms with E-state index < -0.39 is 6.04 Å². The summed E-state index contributed by atoms with van der Waals surface area (Å²) in [5.74, 6) is 0.136. The van der Waals surface area contributed by atoms with Gasteiger partial charge in [0.1, 0.15) is 0 Å². The molecule has 0 aromatic rings. The fourth-order valence-corrected chi connectivity index (χ4v) is 2.58. The number of carbonyl (C=O) groups is 2. The van der Waals surface area contributed by atoms with Gasteiger partial charge in [-0.05, 0) is 24.7 Å². The second-order valence-corrected chi connectivity index (χ2v) is 6.51. The molecule has 0 aromatic heterocycles. The van der Waals surface area contributed by atoms with Crippen molar-refractivity contribution in [2.75, 3.05) is 19.7 Å². The smallest absolute Gasteiger partial charge is 0.239 e. The zero-order valence-corrected chi connectivity index (χ0v) is 15.3. The number of rotatable bonds is 8. The van der Waals surface area contributed by atoms with E-state index in [4.69, 9.17) is 10.5 Å². The third-order valence-electron chi connectivity index (χ3n) is 4.23. The predicted molar refractivity (Wildman–Crippen MR) is 93.5 cm³/mol. The lowest BCUT2D eigenvalue weighted by atomic mass is 9.88. The number of hydrogen-bond acceptors (Lipinski definition) is 4. The number of ether oxygens (including phenoxy) is 1. The summed E-state index contributed by atoms with van der Waals surface area (Å²) in [7, 11) is 0. The van der Waals surface area contributed by atoms with E-state index in [0.29, 0.717) is 25.2 Å². The molecule has 3 atom stereocenters. The van der Waals surface area contributed by atoms with E-state index in [-0.39, 0.29) is 36.7 Å². The third kappa shape index (κ3) is 8.53. The molecular formula is C16H32ClN3O3. The Morgan fingerprint density at radius 3 is 2.48 bits per heavy atom. The van der Waals surface area contributed by atoms with Crippen molar-refractivity contribution in [3.8, 4) is 0 Å². The maximum absolute atomic E-state index is 11.6. The van der Waals surface area contributed by atoms with Crippen molar-refractivity contribution in [1.82, 2.24) is 10.6 Å². The lowest BCUT2D eigenvalue weighted by Gasteiger charge is -2.28. The van der Waals surface area contributed by atoms with Crippen LogP contribution in [0.5, 0.6) is 0 Å². The number of amides is 2. The Morgan fingerprint density at radius 2 is 1.87 bits per heavy atom. The van der Waals surface area contributed by atoms with Crippen LogP contribution < -0.4 is 16.4 Å². The van der Waals surface area contributed by atoms with Crippen LogP contribution in [-0.4, -0.2) is 43.7 Å². The predicted octanol–water partition coefficient (Wildman–Crippen LogP) is 1.22. The number of carbonyl (C=O) groups excluding carboxylic acids is 2. The Morgan fingerprint density at radius 1 is 1.22 bits per heavy atom. The second-order valence-electron chi connectivity index (χ2n) is 6.51. The molecule has 0 bridgehead atoms. The first-order valence-electron chi connectivity index (χ1n) is 8.33. The number of hydrogen-bond donors (Lipinski definition) is 3. The summed E-state index contributed by atoms with van der Waals surface area (Å²) in [5, 5.41) is 5.29. The molecule has 0 saturated heterocycles. The third-order valence-corrected chi connectivity index (χ3v) is 4.23. The molecule has 0 spiro atoms. The average Bonchev–Trinajstić information content (AvgIpc) is 2.49. The molecule has 23 heavy (non-hydrogen) atoms. The van der Waals surface area contributed by atoms with Gasteiger partial charge in [-0.1, -0.05) is 33.6 Å². The van der Waals surface area contributed by atoms with Crippen molar-refractivity contribution in [2.24, 2.45) is 17.6 Å². The molecule has 7 heteroatoms. The highest BCUT2D eigenvalue weighted by Gasteiger charge is 2.21. The number of nitrogens with one attached hydrogen (secondary N) is 2. The zero-order chi connectivity index (χ0) is 16.5. The molecule has 0 aromatic carbocycles. The quantitative estimate of drug-likeness (QED) is 0.574. The molecule has 6 nitrogen and oxygen atoms in total. The van der Waals surface area contributed by atoms with Crippen molar-refractivity contribution in [1.29, 1.82) is 0 Å². The van der Waals surface area contributed by atoms with Gasteiger partial charge in [-0.15, -0.1) is 12.4 Å². The lowest BCUT2D eigenvalue weighted by molar-refractivity contribution is -0.127. The highest BCUT2D eigenvalue weighted by molar-refractivity contribution is 5.87. The highest BCUT2D eigenvalue weighted by atomic mass is 35.5. The van der Waals surface area contributed by atoms with E-state index in [2.05, 4.69) is 17.6 Å². The van der Waals surface area contributed by atoms with Crippen LogP contribution >= 0.6 is 12.4 Å². The van der Waals surface area contributed by atoms with Crippen molar-refractivity contribution in [2.45, 2.75) is 58.6 Å². The Hall–Kier alpha value is -0.850.